The quantitative estimate of drug-likeness (QED) is 0.720. The summed E-state index contributed by atoms with van der Waals surface area (Å²) in [5.41, 5.74) is 2.51. The van der Waals surface area contributed by atoms with E-state index >= 15 is 0 Å². The highest BCUT2D eigenvalue weighted by Gasteiger charge is 2.04. The van der Waals surface area contributed by atoms with Crippen molar-refractivity contribution in [2.24, 2.45) is 0 Å². The van der Waals surface area contributed by atoms with Gasteiger partial charge in [-0.2, -0.15) is 0 Å². The summed E-state index contributed by atoms with van der Waals surface area (Å²) >= 11 is 0. The van der Waals surface area contributed by atoms with E-state index in [-0.39, 0.29) is 6.61 Å². The van der Waals surface area contributed by atoms with Crippen LogP contribution in [-0.2, 0) is 4.79 Å². The zero-order valence-corrected chi connectivity index (χ0v) is 12.6. The Morgan fingerprint density at radius 2 is 1.79 bits per heavy atom. The van der Waals surface area contributed by atoms with Crippen LogP contribution in [0.1, 0.15) is 0 Å². The molecule has 0 spiro atoms. The van der Waals surface area contributed by atoms with Gasteiger partial charge in [0.2, 0.25) is 5.95 Å². The first-order chi connectivity index (χ1) is 11.7. The summed E-state index contributed by atoms with van der Waals surface area (Å²) in [5.74, 6) is -0.0727. The molecule has 2 heterocycles. The van der Waals surface area contributed by atoms with Gasteiger partial charge >= 0.3 is 5.97 Å². The number of aromatic nitrogens is 3. The standard InChI is InChI=1S/C17H14N4O3/c22-16(23)11-24-14-3-1-13(2-4-14)20-17-19-10-7-15(21-17)12-5-8-18-9-6-12/h1-10H,11H2,(H,22,23)(H,19,20,21). The Balaban J connectivity index is 1.71. The van der Waals surface area contributed by atoms with Crippen LogP contribution in [0.4, 0.5) is 11.6 Å². The Bertz CT molecular complexity index is 823. The first-order valence-electron chi connectivity index (χ1n) is 7.16. The second-order valence-corrected chi connectivity index (χ2v) is 4.83. The number of hydrogen-bond acceptors (Lipinski definition) is 6. The van der Waals surface area contributed by atoms with Gasteiger partial charge in [0.05, 0.1) is 5.69 Å². The molecule has 0 amide bonds. The lowest BCUT2D eigenvalue weighted by molar-refractivity contribution is -0.139. The molecule has 3 rings (SSSR count). The van der Waals surface area contributed by atoms with Gasteiger partial charge in [-0.15, -0.1) is 0 Å². The lowest BCUT2D eigenvalue weighted by Gasteiger charge is -2.08. The average Bonchev–Trinajstić information content (AvgIpc) is 2.62. The van der Waals surface area contributed by atoms with Crippen LogP contribution >= 0.6 is 0 Å². The third kappa shape index (κ3) is 4.04. The molecule has 0 saturated carbocycles. The van der Waals surface area contributed by atoms with E-state index in [0.29, 0.717) is 11.7 Å². The van der Waals surface area contributed by atoms with E-state index in [0.717, 1.165) is 16.9 Å². The van der Waals surface area contributed by atoms with E-state index < -0.39 is 5.97 Å². The predicted octanol–water partition coefficient (Wildman–Crippen LogP) is 2.75. The minimum atomic E-state index is -1.02. The van der Waals surface area contributed by atoms with Crippen molar-refractivity contribution in [1.29, 1.82) is 0 Å². The highest BCUT2D eigenvalue weighted by molar-refractivity contribution is 5.68. The number of rotatable bonds is 6. The molecule has 24 heavy (non-hydrogen) atoms. The molecule has 7 nitrogen and oxygen atoms in total. The van der Waals surface area contributed by atoms with Gasteiger partial charge in [0, 0.05) is 29.8 Å². The summed E-state index contributed by atoms with van der Waals surface area (Å²) in [6.45, 7) is -0.371. The molecule has 0 aliphatic carbocycles. The van der Waals surface area contributed by atoms with Crippen molar-refractivity contribution in [3.63, 3.8) is 0 Å². The zero-order valence-electron chi connectivity index (χ0n) is 12.6. The highest BCUT2D eigenvalue weighted by atomic mass is 16.5. The van der Waals surface area contributed by atoms with E-state index in [2.05, 4.69) is 20.3 Å². The Morgan fingerprint density at radius 1 is 1.04 bits per heavy atom. The van der Waals surface area contributed by atoms with Gasteiger partial charge in [-0.25, -0.2) is 14.8 Å². The fraction of sp³-hybridized carbons (Fsp3) is 0.0588. The number of carboxylic acids is 1. The molecule has 0 aliphatic heterocycles. The van der Waals surface area contributed by atoms with Crippen LogP contribution < -0.4 is 10.1 Å². The third-order valence-corrected chi connectivity index (χ3v) is 3.10. The molecule has 0 bridgehead atoms. The summed E-state index contributed by atoms with van der Waals surface area (Å²) in [5, 5.41) is 11.7. The smallest absolute Gasteiger partial charge is 0.341 e. The van der Waals surface area contributed by atoms with Crippen molar-refractivity contribution < 1.29 is 14.6 Å². The normalized spacial score (nSPS) is 10.2. The molecule has 120 valence electrons. The fourth-order valence-corrected chi connectivity index (χ4v) is 2.01. The maximum absolute atomic E-state index is 10.5. The Morgan fingerprint density at radius 3 is 2.50 bits per heavy atom. The van der Waals surface area contributed by atoms with Crippen LogP contribution in [0.2, 0.25) is 0 Å². The Labute approximate surface area is 138 Å². The van der Waals surface area contributed by atoms with E-state index in [9.17, 15) is 4.79 Å². The summed E-state index contributed by atoms with van der Waals surface area (Å²) in [7, 11) is 0. The molecule has 3 aromatic rings. The molecule has 0 unspecified atom stereocenters. The van der Waals surface area contributed by atoms with Crippen LogP contribution in [0, 0.1) is 0 Å². The van der Waals surface area contributed by atoms with Gasteiger partial charge in [0.15, 0.2) is 6.61 Å². The Kier molecular flexibility index (Phi) is 4.62. The minimum absolute atomic E-state index is 0.371. The van der Waals surface area contributed by atoms with Gasteiger partial charge in [-0.3, -0.25) is 4.98 Å². The summed E-state index contributed by atoms with van der Waals surface area (Å²) in [6.07, 6.45) is 5.09. The highest BCUT2D eigenvalue weighted by Crippen LogP contribution is 2.20. The summed E-state index contributed by atoms with van der Waals surface area (Å²) in [6, 6.07) is 12.5. The van der Waals surface area contributed by atoms with E-state index in [4.69, 9.17) is 9.84 Å². The molecule has 7 heteroatoms. The van der Waals surface area contributed by atoms with Gasteiger partial charge in [0.1, 0.15) is 5.75 Å². The van der Waals surface area contributed by atoms with E-state index in [1.807, 2.05) is 18.2 Å². The van der Waals surface area contributed by atoms with Crippen LogP contribution in [0.5, 0.6) is 5.75 Å². The number of nitrogens with zero attached hydrogens (tertiary/aromatic N) is 3. The minimum Gasteiger partial charge on any atom is -0.482 e. The molecule has 0 saturated heterocycles. The first kappa shape index (κ1) is 15.4. The van der Waals surface area contributed by atoms with Crippen molar-refractivity contribution in [3.05, 3.63) is 61.1 Å². The molecule has 2 aromatic heterocycles. The molecular formula is C17H14N4O3. The van der Waals surface area contributed by atoms with Gasteiger partial charge in [-0.1, -0.05) is 0 Å². The summed E-state index contributed by atoms with van der Waals surface area (Å²) in [4.78, 5) is 23.1. The molecule has 0 fully saturated rings. The lowest BCUT2D eigenvalue weighted by atomic mass is 10.2. The van der Waals surface area contributed by atoms with Gasteiger partial charge in [0.25, 0.3) is 0 Å². The first-order valence-corrected chi connectivity index (χ1v) is 7.16. The number of anilines is 2. The van der Waals surface area contributed by atoms with E-state index in [1.54, 1.807) is 42.9 Å². The number of hydrogen-bond donors (Lipinski definition) is 2. The van der Waals surface area contributed by atoms with Gasteiger partial charge in [-0.05, 0) is 42.5 Å². The number of ether oxygens (including phenoxy) is 1. The molecule has 0 atom stereocenters. The largest absolute Gasteiger partial charge is 0.482 e. The number of carboxylic acid groups (broad SMARTS) is 1. The lowest BCUT2D eigenvalue weighted by Crippen LogP contribution is -2.09. The molecule has 0 radical (unpaired) electrons. The van der Waals surface area contributed by atoms with Crippen LogP contribution in [0.3, 0.4) is 0 Å². The molecular weight excluding hydrogens is 308 g/mol. The molecule has 2 N–H and O–H groups in total. The predicted molar refractivity (Wildman–Crippen MR) is 88.1 cm³/mol. The number of nitrogens with one attached hydrogen (secondary N) is 1. The third-order valence-electron chi connectivity index (χ3n) is 3.10. The Hall–Kier alpha value is -3.48. The van der Waals surface area contributed by atoms with Crippen molar-refractivity contribution in [3.8, 4) is 17.0 Å². The maximum Gasteiger partial charge on any atom is 0.341 e. The van der Waals surface area contributed by atoms with E-state index in [1.165, 1.54) is 0 Å². The zero-order chi connectivity index (χ0) is 16.8. The van der Waals surface area contributed by atoms with Crippen LogP contribution in [0.25, 0.3) is 11.3 Å². The average molecular weight is 322 g/mol. The van der Waals surface area contributed by atoms with Crippen LogP contribution in [0.15, 0.2) is 61.1 Å². The fourth-order valence-electron chi connectivity index (χ4n) is 2.01. The number of aliphatic carboxylic acids is 1. The van der Waals surface area contributed by atoms with Crippen LogP contribution in [-0.4, -0.2) is 32.6 Å². The number of carbonyl (C=O) groups is 1. The molecule has 1 aromatic carbocycles. The van der Waals surface area contributed by atoms with Crippen molar-refractivity contribution in [1.82, 2.24) is 15.0 Å². The molecule has 0 aliphatic rings. The summed E-state index contributed by atoms with van der Waals surface area (Å²) < 4.78 is 5.09. The maximum atomic E-state index is 10.5. The monoisotopic (exact) mass is 322 g/mol. The number of benzene rings is 1. The topological polar surface area (TPSA) is 97.2 Å². The SMILES string of the molecule is O=C(O)COc1ccc(Nc2nccc(-c3ccncc3)n2)cc1. The number of pyridine rings is 1. The van der Waals surface area contributed by atoms with Crippen molar-refractivity contribution in [2.75, 3.05) is 11.9 Å². The van der Waals surface area contributed by atoms with Crippen molar-refractivity contribution in [2.45, 2.75) is 0 Å². The van der Waals surface area contributed by atoms with Gasteiger partial charge < -0.3 is 15.2 Å². The second kappa shape index (κ2) is 7.19. The van der Waals surface area contributed by atoms with Crippen molar-refractivity contribution >= 4 is 17.6 Å². The second-order valence-electron chi connectivity index (χ2n) is 4.83.